The molecule has 0 unspecified atom stereocenters. The molecule has 20 heavy (non-hydrogen) atoms. The number of aryl methyl sites for hydroxylation is 2. The lowest BCUT2D eigenvalue weighted by Crippen LogP contribution is -2.52. The third-order valence-electron chi connectivity index (χ3n) is 4.49. The minimum Gasteiger partial charge on any atom is -0.346 e. The zero-order valence-electron chi connectivity index (χ0n) is 12.6. The van der Waals surface area contributed by atoms with Crippen molar-refractivity contribution in [1.82, 2.24) is 5.32 Å². The largest absolute Gasteiger partial charge is 0.346 e. The molecule has 1 aromatic carbocycles. The molecule has 1 N–H and O–H groups in total. The number of nitrogens with one attached hydrogen (secondary N) is 1. The first kappa shape index (κ1) is 15.6. The zero-order chi connectivity index (χ0) is 14.8. The molecule has 1 aliphatic rings. The highest BCUT2D eigenvalue weighted by molar-refractivity contribution is 9.09. The van der Waals surface area contributed by atoms with Gasteiger partial charge in [0.05, 0.1) is 5.54 Å². The molecule has 1 fully saturated rings. The standard InChI is InChI=1S/C17H24BrNO/c1-12-6-8-17(11-18,9-7-12)19-16(20)15-5-4-13(2)10-14(15)3/h4-5,10,12H,6-9,11H2,1-3H3,(H,19,20). The Kier molecular flexibility index (Phi) is 4.90. The summed E-state index contributed by atoms with van der Waals surface area (Å²) in [5, 5.41) is 4.13. The predicted molar refractivity (Wildman–Crippen MR) is 87.5 cm³/mol. The summed E-state index contributed by atoms with van der Waals surface area (Å²) in [6.45, 7) is 6.35. The van der Waals surface area contributed by atoms with Gasteiger partial charge in [0, 0.05) is 10.9 Å². The van der Waals surface area contributed by atoms with Gasteiger partial charge in [0.1, 0.15) is 0 Å². The molecule has 1 aliphatic carbocycles. The fraction of sp³-hybridized carbons (Fsp3) is 0.588. The molecule has 0 saturated heterocycles. The number of hydrogen-bond acceptors (Lipinski definition) is 1. The number of amides is 1. The van der Waals surface area contributed by atoms with Gasteiger partial charge < -0.3 is 5.32 Å². The molecule has 1 saturated carbocycles. The molecule has 0 aromatic heterocycles. The SMILES string of the molecule is Cc1ccc(C(=O)NC2(CBr)CCC(C)CC2)c(C)c1. The summed E-state index contributed by atoms with van der Waals surface area (Å²) in [5.74, 6) is 0.844. The van der Waals surface area contributed by atoms with Crippen molar-refractivity contribution < 1.29 is 4.79 Å². The lowest BCUT2D eigenvalue weighted by atomic mass is 9.78. The van der Waals surface area contributed by atoms with E-state index in [0.29, 0.717) is 0 Å². The predicted octanol–water partition coefficient (Wildman–Crippen LogP) is 4.38. The lowest BCUT2D eigenvalue weighted by Gasteiger charge is -2.39. The molecule has 0 atom stereocenters. The maximum Gasteiger partial charge on any atom is 0.252 e. The molecule has 0 heterocycles. The molecular weight excluding hydrogens is 314 g/mol. The Morgan fingerprint density at radius 3 is 2.55 bits per heavy atom. The van der Waals surface area contributed by atoms with Crippen molar-refractivity contribution in [3.8, 4) is 0 Å². The van der Waals surface area contributed by atoms with Crippen LogP contribution in [0.2, 0.25) is 0 Å². The first-order chi connectivity index (χ1) is 9.46. The Balaban J connectivity index is 2.13. The second kappa shape index (κ2) is 6.30. The number of halogens is 1. The van der Waals surface area contributed by atoms with Gasteiger partial charge in [0.25, 0.3) is 5.91 Å². The second-order valence-electron chi connectivity index (χ2n) is 6.37. The van der Waals surface area contributed by atoms with Crippen molar-refractivity contribution in [1.29, 1.82) is 0 Å². The average Bonchev–Trinajstić information content (AvgIpc) is 2.41. The van der Waals surface area contributed by atoms with Gasteiger partial charge in [-0.2, -0.15) is 0 Å². The van der Waals surface area contributed by atoms with Crippen LogP contribution in [0.3, 0.4) is 0 Å². The van der Waals surface area contributed by atoms with Gasteiger partial charge >= 0.3 is 0 Å². The molecule has 2 rings (SSSR count). The van der Waals surface area contributed by atoms with Crippen LogP contribution in [-0.2, 0) is 0 Å². The summed E-state index contributed by atoms with van der Waals surface area (Å²) in [4.78, 5) is 12.6. The first-order valence-electron chi connectivity index (χ1n) is 7.41. The Labute approximate surface area is 130 Å². The highest BCUT2D eigenvalue weighted by atomic mass is 79.9. The van der Waals surface area contributed by atoms with Crippen LogP contribution in [-0.4, -0.2) is 16.8 Å². The summed E-state index contributed by atoms with van der Waals surface area (Å²) in [5.41, 5.74) is 2.98. The van der Waals surface area contributed by atoms with E-state index in [1.807, 2.05) is 19.1 Å². The lowest BCUT2D eigenvalue weighted by molar-refractivity contribution is 0.0874. The minimum atomic E-state index is -0.0685. The molecule has 3 heteroatoms. The Morgan fingerprint density at radius 1 is 1.35 bits per heavy atom. The van der Waals surface area contributed by atoms with E-state index in [0.717, 1.165) is 35.2 Å². The normalized spacial score (nSPS) is 26.3. The number of alkyl halides is 1. The Morgan fingerprint density at radius 2 is 2.00 bits per heavy atom. The molecule has 110 valence electrons. The smallest absolute Gasteiger partial charge is 0.252 e. The van der Waals surface area contributed by atoms with E-state index in [-0.39, 0.29) is 11.4 Å². The van der Waals surface area contributed by atoms with Crippen LogP contribution in [0.25, 0.3) is 0 Å². The van der Waals surface area contributed by atoms with Crippen molar-refractivity contribution in [2.75, 3.05) is 5.33 Å². The number of hydrogen-bond donors (Lipinski definition) is 1. The van der Waals surface area contributed by atoms with Crippen LogP contribution < -0.4 is 5.32 Å². The number of carbonyl (C=O) groups excluding carboxylic acids is 1. The van der Waals surface area contributed by atoms with Crippen molar-refractivity contribution in [2.24, 2.45) is 5.92 Å². The molecule has 2 nitrogen and oxygen atoms in total. The van der Waals surface area contributed by atoms with E-state index < -0.39 is 0 Å². The number of benzene rings is 1. The third kappa shape index (κ3) is 3.43. The van der Waals surface area contributed by atoms with Crippen molar-refractivity contribution in [2.45, 2.75) is 52.0 Å². The monoisotopic (exact) mass is 337 g/mol. The quantitative estimate of drug-likeness (QED) is 0.815. The summed E-state index contributed by atoms with van der Waals surface area (Å²) in [6, 6.07) is 6.01. The summed E-state index contributed by atoms with van der Waals surface area (Å²) in [6.07, 6.45) is 4.52. The number of carbonyl (C=O) groups is 1. The van der Waals surface area contributed by atoms with E-state index in [1.165, 1.54) is 18.4 Å². The summed E-state index contributed by atoms with van der Waals surface area (Å²) < 4.78 is 0. The Bertz CT molecular complexity index is 490. The van der Waals surface area contributed by atoms with Crippen molar-refractivity contribution in [3.63, 3.8) is 0 Å². The maximum atomic E-state index is 12.6. The van der Waals surface area contributed by atoms with Gasteiger partial charge in [-0.3, -0.25) is 4.79 Å². The topological polar surface area (TPSA) is 29.1 Å². The van der Waals surface area contributed by atoms with Gasteiger partial charge in [0.2, 0.25) is 0 Å². The van der Waals surface area contributed by atoms with Gasteiger partial charge in [-0.25, -0.2) is 0 Å². The van der Waals surface area contributed by atoms with Crippen LogP contribution in [0, 0.1) is 19.8 Å². The van der Waals surface area contributed by atoms with Crippen LogP contribution in [0.5, 0.6) is 0 Å². The van der Waals surface area contributed by atoms with Gasteiger partial charge in [-0.1, -0.05) is 40.5 Å². The highest BCUT2D eigenvalue weighted by Crippen LogP contribution is 2.33. The van der Waals surface area contributed by atoms with E-state index in [4.69, 9.17) is 0 Å². The van der Waals surface area contributed by atoms with E-state index in [2.05, 4.69) is 41.2 Å². The van der Waals surface area contributed by atoms with Crippen molar-refractivity contribution >= 4 is 21.8 Å². The molecule has 0 aliphatic heterocycles. The second-order valence-corrected chi connectivity index (χ2v) is 6.93. The summed E-state index contributed by atoms with van der Waals surface area (Å²) in [7, 11) is 0. The molecule has 1 aromatic rings. The zero-order valence-corrected chi connectivity index (χ0v) is 14.2. The molecule has 0 radical (unpaired) electrons. The van der Waals surface area contributed by atoms with Gasteiger partial charge in [-0.15, -0.1) is 0 Å². The maximum absolute atomic E-state index is 12.6. The molecular formula is C17H24BrNO. The van der Waals surface area contributed by atoms with Gasteiger partial charge in [0.15, 0.2) is 0 Å². The minimum absolute atomic E-state index is 0.0662. The fourth-order valence-corrected chi connectivity index (χ4v) is 3.68. The van der Waals surface area contributed by atoms with Crippen LogP contribution in [0.15, 0.2) is 18.2 Å². The highest BCUT2D eigenvalue weighted by Gasteiger charge is 2.34. The molecule has 1 amide bonds. The first-order valence-corrected chi connectivity index (χ1v) is 8.54. The van der Waals surface area contributed by atoms with Crippen molar-refractivity contribution in [3.05, 3.63) is 34.9 Å². The van der Waals surface area contributed by atoms with E-state index >= 15 is 0 Å². The van der Waals surface area contributed by atoms with E-state index in [1.54, 1.807) is 0 Å². The summed E-state index contributed by atoms with van der Waals surface area (Å²) >= 11 is 3.60. The van der Waals surface area contributed by atoms with Crippen LogP contribution in [0.1, 0.15) is 54.1 Å². The fourth-order valence-electron chi connectivity index (χ4n) is 2.98. The Hall–Kier alpha value is -0.830. The van der Waals surface area contributed by atoms with Crippen LogP contribution in [0.4, 0.5) is 0 Å². The molecule has 0 spiro atoms. The van der Waals surface area contributed by atoms with E-state index in [9.17, 15) is 4.79 Å². The third-order valence-corrected chi connectivity index (χ3v) is 5.57. The molecule has 0 bridgehead atoms. The van der Waals surface area contributed by atoms with Crippen LogP contribution >= 0.6 is 15.9 Å². The number of rotatable bonds is 3. The van der Waals surface area contributed by atoms with Gasteiger partial charge in [-0.05, 0) is 57.1 Å². The average molecular weight is 338 g/mol.